The van der Waals surface area contributed by atoms with Crippen molar-refractivity contribution in [2.24, 2.45) is 5.41 Å². The van der Waals surface area contributed by atoms with Crippen LogP contribution in [0.5, 0.6) is 0 Å². The number of unbranched alkanes of at least 4 members (excludes halogenated alkanes) is 6. The Labute approximate surface area is 108 Å². The monoisotopic (exact) mass is 240 g/mol. The maximum absolute atomic E-state index is 10.2. The molecule has 0 aliphatic heterocycles. The predicted molar refractivity (Wildman–Crippen MR) is 75.2 cm³/mol. The number of rotatable bonds is 9. The van der Waals surface area contributed by atoms with E-state index in [1.54, 1.807) is 0 Å². The van der Waals surface area contributed by atoms with Crippen LogP contribution >= 0.6 is 0 Å². The van der Waals surface area contributed by atoms with Crippen LogP contribution in [-0.4, -0.2) is 11.2 Å². The van der Waals surface area contributed by atoms with Crippen molar-refractivity contribution >= 4 is 0 Å². The molecule has 1 unspecified atom stereocenters. The van der Waals surface area contributed by atoms with E-state index >= 15 is 0 Å². The molecule has 1 aliphatic carbocycles. The molecule has 0 saturated heterocycles. The zero-order chi connectivity index (χ0) is 12.6. The van der Waals surface area contributed by atoms with Crippen molar-refractivity contribution in [3.05, 3.63) is 0 Å². The molecule has 0 spiro atoms. The van der Waals surface area contributed by atoms with Crippen LogP contribution in [0.3, 0.4) is 0 Å². The zero-order valence-electron chi connectivity index (χ0n) is 12.0. The fourth-order valence-electron chi connectivity index (χ4n) is 3.16. The first-order valence-electron chi connectivity index (χ1n) is 7.87. The third-order valence-electron chi connectivity index (χ3n) is 4.63. The van der Waals surface area contributed by atoms with Gasteiger partial charge >= 0.3 is 0 Å². The highest BCUT2D eigenvalue weighted by molar-refractivity contribution is 4.86. The molecule has 0 bridgehead atoms. The maximum Gasteiger partial charge on any atom is 0.0593 e. The average Bonchev–Trinajstić information content (AvgIpc) is 2.76. The van der Waals surface area contributed by atoms with Crippen LogP contribution in [0.4, 0.5) is 0 Å². The Bertz CT molecular complexity index is 182. The van der Waals surface area contributed by atoms with Gasteiger partial charge < -0.3 is 5.11 Å². The molecule has 0 amide bonds. The Balaban J connectivity index is 1.98. The highest BCUT2D eigenvalue weighted by atomic mass is 16.3. The molecule has 0 heterocycles. The van der Waals surface area contributed by atoms with Crippen molar-refractivity contribution in [1.29, 1.82) is 0 Å². The summed E-state index contributed by atoms with van der Waals surface area (Å²) in [4.78, 5) is 0. The summed E-state index contributed by atoms with van der Waals surface area (Å²) in [6, 6.07) is 0. The second-order valence-corrected chi connectivity index (χ2v) is 6.29. The van der Waals surface area contributed by atoms with Gasteiger partial charge in [-0.3, -0.25) is 0 Å². The van der Waals surface area contributed by atoms with E-state index in [0.717, 1.165) is 6.42 Å². The Kier molecular flexibility index (Phi) is 7.18. The highest BCUT2D eigenvalue weighted by Gasteiger charge is 2.35. The summed E-state index contributed by atoms with van der Waals surface area (Å²) in [5, 5.41) is 10.2. The first kappa shape index (κ1) is 15.0. The maximum atomic E-state index is 10.2. The molecule has 17 heavy (non-hydrogen) atoms. The summed E-state index contributed by atoms with van der Waals surface area (Å²) in [6.07, 6.45) is 15.5. The largest absolute Gasteiger partial charge is 0.393 e. The molecule has 1 nitrogen and oxygen atoms in total. The van der Waals surface area contributed by atoms with E-state index in [2.05, 4.69) is 13.8 Å². The van der Waals surface area contributed by atoms with Gasteiger partial charge in [-0.05, 0) is 24.7 Å². The lowest BCUT2D eigenvalue weighted by Crippen LogP contribution is -2.29. The van der Waals surface area contributed by atoms with Crippen LogP contribution in [0.1, 0.15) is 90.9 Å². The molecule has 1 N–H and O–H groups in total. The molecule has 0 aromatic carbocycles. The number of hydrogen-bond acceptors (Lipinski definition) is 1. The number of aliphatic hydroxyl groups is 1. The SMILES string of the molecule is CCCCCCCCCC(O)C1(C)CCCC1. The second-order valence-electron chi connectivity index (χ2n) is 6.29. The Morgan fingerprint density at radius 1 is 0.941 bits per heavy atom. The summed E-state index contributed by atoms with van der Waals surface area (Å²) in [6.45, 7) is 4.55. The van der Waals surface area contributed by atoms with Crippen LogP contribution in [-0.2, 0) is 0 Å². The van der Waals surface area contributed by atoms with Gasteiger partial charge in [-0.1, -0.05) is 71.6 Å². The second kappa shape index (κ2) is 8.13. The molecular weight excluding hydrogens is 208 g/mol. The molecule has 1 rings (SSSR count). The van der Waals surface area contributed by atoms with Crippen molar-refractivity contribution in [3.8, 4) is 0 Å². The quantitative estimate of drug-likeness (QED) is 0.558. The first-order chi connectivity index (χ1) is 8.19. The minimum Gasteiger partial charge on any atom is -0.393 e. The predicted octanol–water partition coefficient (Wildman–Crippen LogP) is 5.07. The van der Waals surface area contributed by atoms with E-state index in [9.17, 15) is 5.11 Å². The topological polar surface area (TPSA) is 20.2 Å². The van der Waals surface area contributed by atoms with Gasteiger partial charge in [0.1, 0.15) is 0 Å². The summed E-state index contributed by atoms with van der Waals surface area (Å²) >= 11 is 0. The Morgan fingerprint density at radius 3 is 2.06 bits per heavy atom. The van der Waals surface area contributed by atoms with Gasteiger partial charge in [0.15, 0.2) is 0 Å². The normalized spacial score (nSPS) is 20.6. The molecule has 1 aliphatic rings. The van der Waals surface area contributed by atoms with Crippen LogP contribution in [0, 0.1) is 5.41 Å². The zero-order valence-corrected chi connectivity index (χ0v) is 12.0. The van der Waals surface area contributed by atoms with Gasteiger partial charge in [0, 0.05) is 0 Å². The lowest BCUT2D eigenvalue weighted by molar-refractivity contribution is 0.0330. The van der Waals surface area contributed by atoms with Crippen LogP contribution < -0.4 is 0 Å². The lowest BCUT2D eigenvalue weighted by Gasteiger charge is -2.30. The van der Waals surface area contributed by atoms with Gasteiger partial charge in [-0.25, -0.2) is 0 Å². The summed E-state index contributed by atoms with van der Waals surface area (Å²) in [7, 11) is 0. The summed E-state index contributed by atoms with van der Waals surface area (Å²) in [5.41, 5.74) is 0.252. The molecule has 0 radical (unpaired) electrons. The van der Waals surface area contributed by atoms with Crippen molar-refractivity contribution in [3.63, 3.8) is 0 Å². The first-order valence-corrected chi connectivity index (χ1v) is 7.87. The lowest BCUT2D eigenvalue weighted by atomic mass is 9.80. The standard InChI is InChI=1S/C16H32O/c1-3-4-5-6-7-8-9-12-15(17)16(2)13-10-11-14-16/h15,17H,3-14H2,1-2H3. The van der Waals surface area contributed by atoms with E-state index in [-0.39, 0.29) is 11.5 Å². The third kappa shape index (κ3) is 5.42. The van der Waals surface area contributed by atoms with Crippen molar-refractivity contribution < 1.29 is 5.11 Å². The fraction of sp³-hybridized carbons (Fsp3) is 1.00. The van der Waals surface area contributed by atoms with Gasteiger partial charge in [-0.15, -0.1) is 0 Å². The van der Waals surface area contributed by atoms with Crippen LogP contribution in [0.2, 0.25) is 0 Å². The Morgan fingerprint density at radius 2 is 1.47 bits per heavy atom. The van der Waals surface area contributed by atoms with E-state index in [0.29, 0.717) is 0 Å². The summed E-state index contributed by atoms with van der Waals surface area (Å²) in [5.74, 6) is 0. The minimum atomic E-state index is -0.0411. The molecule has 1 saturated carbocycles. The Hall–Kier alpha value is -0.0400. The molecule has 0 aromatic rings. The van der Waals surface area contributed by atoms with E-state index in [1.807, 2.05) is 0 Å². The van der Waals surface area contributed by atoms with E-state index in [4.69, 9.17) is 0 Å². The van der Waals surface area contributed by atoms with Gasteiger partial charge in [-0.2, -0.15) is 0 Å². The van der Waals surface area contributed by atoms with E-state index < -0.39 is 0 Å². The van der Waals surface area contributed by atoms with E-state index in [1.165, 1.54) is 70.6 Å². The number of aliphatic hydroxyl groups excluding tert-OH is 1. The average molecular weight is 240 g/mol. The van der Waals surface area contributed by atoms with Gasteiger partial charge in [0.25, 0.3) is 0 Å². The van der Waals surface area contributed by atoms with Crippen LogP contribution in [0.25, 0.3) is 0 Å². The molecular formula is C16H32O. The van der Waals surface area contributed by atoms with Crippen molar-refractivity contribution in [2.75, 3.05) is 0 Å². The molecule has 1 fully saturated rings. The van der Waals surface area contributed by atoms with Crippen molar-refractivity contribution in [1.82, 2.24) is 0 Å². The number of hydrogen-bond donors (Lipinski definition) is 1. The molecule has 0 aromatic heterocycles. The van der Waals surface area contributed by atoms with Gasteiger partial charge in [0.2, 0.25) is 0 Å². The van der Waals surface area contributed by atoms with Crippen LogP contribution in [0.15, 0.2) is 0 Å². The van der Waals surface area contributed by atoms with Gasteiger partial charge in [0.05, 0.1) is 6.10 Å². The summed E-state index contributed by atoms with van der Waals surface area (Å²) < 4.78 is 0. The highest BCUT2D eigenvalue weighted by Crippen LogP contribution is 2.41. The molecule has 1 heteroatoms. The fourth-order valence-corrected chi connectivity index (χ4v) is 3.16. The minimum absolute atomic E-state index is 0.0411. The smallest absolute Gasteiger partial charge is 0.0593 e. The van der Waals surface area contributed by atoms with Crippen molar-refractivity contribution in [2.45, 2.75) is 97.0 Å². The third-order valence-corrected chi connectivity index (χ3v) is 4.63. The molecule has 102 valence electrons. The molecule has 1 atom stereocenters.